The Balaban J connectivity index is 1.54. The molecule has 0 aliphatic carbocycles. The Hall–Kier alpha value is -1.34. The van der Waals surface area contributed by atoms with E-state index in [1.165, 1.54) is 10.5 Å². The molecule has 0 amide bonds. The lowest BCUT2D eigenvalue weighted by Gasteiger charge is -2.32. The van der Waals surface area contributed by atoms with Crippen LogP contribution >= 0.6 is 11.8 Å². The van der Waals surface area contributed by atoms with Gasteiger partial charge < -0.3 is 0 Å². The van der Waals surface area contributed by atoms with E-state index < -0.39 is 10.0 Å². The molecule has 2 aromatic rings. The molecule has 0 radical (unpaired) electrons. The third-order valence-corrected chi connectivity index (χ3v) is 8.34. The minimum absolute atomic E-state index is 0.392. The second-order valence-corrected chi connectivity index (χ2v) is 10.7. The van der Waals surface area contributed by atoms with Crippen LogP contribution < -0.4 is 4.72 Å². The van der Waals surface area contributed by atoms with Gasteiger partial charge in [0.05, 0.1) is 4.90 Å². The number of nitrogens with one attached hydrogen (secondary N) is 1. The Bertz CT molecular complexity index is 949. The van der Waals surface area contributed by atoms with Gasteiger partial charge in [-0.1, -0.05) is 24.3 Å². The van der Waals surface area contributed by atoms with Crippen LogP contribution in [0.25, 0.3) is 0 Å². The van der Waals surface area contributed by atoms with Crippen LogP contribution in [0.15, 0.2) is 46.2 Å². The first-order valence-corrected chi connectivity index (χ1v) is 12.9. The van der Waals surface area contributed by atoms with Gasteiger partial charge in [0.25, 0.3) is 0 Å². The first-order chi connectivity index (χ1) is 13.8. The lowest BCUT2D eigenvalue weighted by molar-refractivity contribution is 0.177. The lowest BCUT2D eigenvalue weighted by atomic mass is 9.97. The molecule has 1 heterocycles. The maximum Gasteiger partial charge on any atom is 0.240 e. The van der Waals surface area contributed by atoms with Gasteiger partial charge in [-0.25, -0.2) is 13.1 Å². The van der Waals surface area contributed by atoms with Gasteiger partial charge in [-0.15, -0.1) is 11.8 Å². The Kier molecular flexibility index (Phi) is 7.43. The molecule has 2 aromatic carbocycles. The number of thioether (sulfide) groups is 1. The standard InChI is InChI=1S/C23H32N2O2S2/c1-17-13-19(3)23(14-18(17)2)29(26,27)24-15-20-9-11-25(12-10-20)16-21-7-5-6-8-22(21)28-4/h5-8,13-14,20,24H,9-12,15-16H2,1-4H3. The number of sulfonamides is 1. The number of likely N-dealkylation sites (tertiary alicyclic amines) is 1. The summed E-state index contributed by atoms with van der Waals surface area (Å²) in [5.74, 6) is 0.392. The highest BCUT2D eigenvalue weighted by Gasteiger charge is 2.23. The number of piperidine rings is 1. The molecule has 29 heavy (non-hydrogen) atoms. The quantitative estimate of drug-likeness (QED) is 0.654. The average Bonchev–Trinajstić information content (AvgIpc) is 2.70. The fourth-order valence-electron chi connectivity index (χ4n) is 3.95. The van der Waals surface area contributed by atoms with Crippen molar-refractivity contribution in [2.45, 2.75) is 49.9 Å². The summed E-state index contributed by atoms with van der Waals surface area (Å²) >= 11 is 1.79. The van der Waals surface area contributed by atoms with Gasteiger partial charge in [0, 0.05) is 18.0 Å². The Labute approximate surface area is 180 Å². The first kappa shape index (κ1) is 22.3. The summed E-state index contributed by atoms with van der Waals surface area (Å²) in [6, 6.07) is 12.3. The zero-order valence-corrected chi connectivity index (χ0v) is 19.5. The summed E-state index contributed by atoms with van der Waals surface area (Å²) in [4.78, 5) is 4.23. The number of benzene rings is 2. The van der Waals surface area contributed by atoms with Gasteiger partial charge >= 0.3 is 0 Å². The molecule has 1 aliphatic heterocycles. The van der Waals surface area contributed by atoms with E-state index in [2.05, 4.69) is 40.1 Å². The molecule has 0 unspecified atom stereocenters. The van der Waals surface area contributed by atoms with Gasteiger partial charge in [-0.3, -0.25) is 4.90 Å². The van der Waals surface area contributed by atoms with Crippen molar-refractivity contribution >= 4 is 21.8 Å². The molecule has 1 fully saturated rings. The molecule has 158 valence electrons. The van der Waals surface area contributed by atoms with E-state index in [0.29, 0.717) is 17.4 Å². The largest absolute Gasteiger partial charge is 0.299 e. The molecule has 0 spiro atoms. The van der Waals surface area contributed by atoms with E-state index in [-0.39, 0.29) is 0 Å². The summed E-state index contributed by atoms with van der Waals surface area (Å²) in [5, 5.41) is 0. The molecule has 0 bridgehead atoms. The smallest absolute Gasteiger partial charge is 0.240 e. The maximum atomic E-state index is 12.8. The van der Waals surface area contributed by atoms with Gasteiger partial charge in [-0.05, 0) is 93.3 Å². The van der Waals surface area contributed by atoms with Crippen LogP contribution in [0.3, 0.4) is 0 Å². The van der Waals surface area contributed by atoms with Crippen molar-refractivity contribution < 1.29 is 8.42 Å². The molecule has 0 aromatic heterocycles. The molecule has 4 nitrogen and oxygen atoms in total. The molecular weight excluding hydrogens is 400 g/mol. The van der Waals surface area contributed by atoms with Crippen LogP contribution in [0.5, 0.6) is 0 Å². The molecule has 3 rings (SSSR count). The molecule has 0 atom stereocenters. The average molecular weight is 433 g/mol. The van der Waals surface area contributed by atoms with Crippen molar-refractivity contribution in [2.24, 2.45) is 5.92 Å². The van der Waals surface area contributed by atoms with E-state index in [9.17, 15) is 8.42 Å². The summed E-state index contributed by atoms with van der Waals surface area (Å²) in [6.07, 6.45) is 4.17. The van der Waals surface area contributed by atoms with Gasteiger partial charge in [0.15, 0.2) is 0 Å². The number of hydrogen-bond acceptors (Lipinski definition) is 4. The minimum atomic E-state index is -3.47. The Morgan fingerprint density at radius 1 is 1.03 bits per heavy atom. The highest BCUT2D eigenvalue weighted by molar-refractivity contribution is 7.98. The number of hydrogen-bond donors (Lipinski definition) is 1. The maximum absolute atomic E-state index is 12.8. The van der Waals surface area contributed by atoms with E-state index >= 15 is 0 Å². The van der Waals surface area contributed by atoms with E-state index in [0.717, 1.165) is 49.2 Å². The molecule has 1 aliphatic rings. The summed E-state index contributed by atoms with van der Waals surface area (Å²) in [6.45, 7) is 9.35. The third kappa shape index (κ3) is 5.63. The second kappa shape index (κ2) is 9.65. The number of aryl methyl sites for hydroxylation is 3. The molecular formula is C23H32N2O2S2. The van der Waals surface area contributed by atoms with Crippen molar-refractivity contribution in [3.8, 4) is 0 Å². The highest BCUT2D eigenvalue weighted by Crippen LogP contribution is 2.25. The van der Waals surface area contributed by atoms with Gasteiger partial charge in [-0.2, -0.15) is 0 Å². The Morgan fingerprint density at radius 3 is 2.38 bits per heavy atom. The van der Waals surface area contributed by atoms with Crippen LogP contribution in [0.2, 0.25) is 0 Å². The zero-order valence-electron chi connectivity index (χ0n) is 17.9. The molecule has 1 N–H and O–H groups in total. The highest BCUT2D eigenvalue weighted by atomic mass is 32.2. The van der Waals surface area contributed by atoms with Crippen molar-refractivity contribution in [2.75, 3.05) is 25.9 Å². The van der Waals surface area contributed by atoms with Crippen LogP contribution in [-0.2, 0) is 16.6 Å². The van der Waals surface area contributed by atoms with E-state index in [1.54, 1.807) is 17.8 Å². The topological polar surface area (TPSA) is 49.4 Å². The number of rotatable bonds is 7. The molecule has 1 saturated heterocycles. The fourth-order valence-corrected chi connectivity index (χ4v) is 5.99. The third-order valence-electron chi connectivity index (χ3n) is 5.94. The van der Waals surface area contributed by atoms with Crippen LogP contribution in [0, 0.1) is 26.7 Å². The van der Waals surface area contributed by atoms with Crippen molar-refractivity contribution in [1.82, 2.24) is 9.62 Å². The molecule has 0 saturated carbocycles. The van der Waals surface area contributed by atoms with Crippen LogP contribution in [0.1, 0.15) is 35.1 Å². The predicted molar refractivity (Wildman–Crippen MR) is 122 cm³/mol. The minimum Gasteiger partial charge on any atom is -0.299 e. The predicted octanol–water partition coefficient (Wildman–Crippen LogP) is 4.52. The fraction of sp³-hybridized carbons (Fsp3) is 0.478. The first-order valence-electron chi connectivity index (χ1n) is 10.2. The van der Waals surface area contributed by atoms with Crippen molar-refractivity contribution in [3.63, 3.8) is 0 Å². The van der Waals surface area contributed by atoms with E-state index in [1.807, 2.05) is 26.8 Å². The van der Waals surface area contributed by atoms with Crippen molar-refractivity contribution in [3.05, 3.63) is 58.7 Å². The second-order valence-electron chi connectivity index (χ2n) is 8.09. The van der Waals surface area contributed by atoms with Crippen LogP contribution in [0.4, 0.5) is 0 Å². The monoisotopic (exact) mass is 432 g/mol. The Morgan fingerprint density at radius 2 is 1.69 bits per heavy atom. The zero-order chi connectivity index (χ0) is 21.0. The van der Waals surface area contributed by atoms with Gasteiger partial charge in [0.2, 0.25) is 10.0 Å². The molecule has 6 heteroatoms. The lowest BCUT2D eigenvalue weighted by Crippen LogP contribution is -2.38. The summed E-state index contributed by atoms with van der Waals surface area (Å²) in [5.41, 5.74) is 4.32. The normalized spacial score (nSPS) is 16.3. The summed E-state index contributed by atoms with van der Waals surface area (Å²) < 4.78 is 28.5. The van der Waals surface area contributed by atoms with Crippen molar-refractivity contribution in [1.29, 1.82) is 0 Å². The number of nitrogens with zero attached hydrogens (tertiary/aromatic N) is 1. The SMILES string of the molecule is CSc1ccccc1CN1CCC(CNS(=O)(=O)c2cc(C)c(C)cc2C)CC1. The van der Waals surface area contributed by atoms with Gasteiger partial charge in [0.1, 0.15) is 0 Å². The van der Waals surface area contributed by atoms with Crippen LogP contribution in [-0.4, -0.2) is 39.2 Å². The summed E-state index contributed by atoms with van der Waals surface area (Å²) in [7, 11) is -3.47. The van der Waals surface area contributed by atoms with E-state index in [4.69, 9.17) is 0 Å².